The van der Waals surface area contributed by atoms with Crippen LogP contribution >= 0.6 is 11.6 Å². The largest absolute Gasteiger partial charge is 1.00 e. The van der Waals surface area contributed by atoms with Crippen LogP contribution in [0.2, 0.25) is 5.02 Å². The summed E-state index contributed by atoms with van der Waals surface area (Å²) >= 11 is 5.81. The molecule has 1 rings (SSSR count). The molecule has 1 aromatic rings. The number of carbonyl (C=O) groups excluding carboxylic acids is 3. The predicted molar refractivity (Wildman–Crippen MR) is 107 cm³/mol. The average Bonchev–Trinajstić information content (AvgIpc) is 2.69. The Bertz CT molecular complexity index is 641. The van der Waals surface area contributed by atoms with Crippen LogP contribution in [-0.2, 0) is 25.5 Å². The third-order valence-corrected chi connectivity index (χ3v) is 4.48. The number of carbonyl (C=O) groups is 3. The zero-order valence-electron chi connectivity index (χ0n) is 17.8. The predicted octanol–water partition coefficient (Wildman–Crippen LogP) is 0.0250. The van der Waals surface area contributed by atoms with Gasteiger partial charge in [0.2, 0.25) is 0 Å². The van der Waals surface area contributed by atoms with Crippen molar-refractivity contribution in [1.82, 2.24) is 5.32 Å². The number of aliphatic carboxylic acids is 1. The monoisotopic (exact) mass is 449 g/mol. The van der Waals surface area contributed by atoms with Gasteiger partial charge in [-0.3, -0.25) is 4.79 Å². The van der Waals surface area contributed by atoms with Gasteiger partial charge in [-0.05, 0) is 49.8 Å². The topological polar surface area (TPSA) is 105 Å². The summed E-state index contributed by atoms with van der Waals surface area (Å²) in [7, 11) is 0. The Kier molecular flexibility index (Phi) is 16.7. The standard InChI is InChI=1S/C21H30ClNO6.Na/c1-2-3-4-7-19(24)28-14-5-6-15-29-21(27)23-18(20(25)26)13-10-16-8-11-17(22)12-9-16;/h8-9,11-12,18H,2-7,10,13-15H2,1H3,(H,23,27)(H,25,26);/q;+1/p-1. The molecule has 1 amide bonds. The van der Waals surface area contributed by atoms with Crippen LogP contribution in [0.3, 0.4) is 0 Å². The van der Waals surface area contributed by atoms with Gasteiger partial charge in [0, 0.05) is 11.4 Å². The van der Waals surface area contributed by atoms with Gasteiger partial charge in [-0.15, -0.1) is 0 Å². The third kappa shape index (κ3) is 13.9. The molecular formula is C21H29ClNNaO6. The normalized spacial score (nSPS) is 11.1. The van der Waals surface area contributed by atoms with Crippen molar-refractivity contribution in [2.45, 2.75) is 64.3 Å². The molecule has 0 aromatic heterocycles. The Morgan fingerprint density at radius 2 is 1.67 bits per heavy atom. The molecule has 0 fully saturated rings. The number of alkyl carbamates (subject to hydrolysis) is 1. The molecule has 1 N–H and O–H groups in total. The molecule has 0 aliphatic rings. The first-order valence-electron chi connectivity index (χ1n) is 9.96. The van der Waals surface area contributed by atoms with E-state index in [2.05, 4.69) is 12.2 Å². The molecule has 30 heavy (non-hydrogen) atoms. The molecule has 1 unspecified atom stereocenters. The number of ether oxygens (including phenoxy) is 2. The summed E-state index contributed by atoms with van der Waals surface area (Å²) in [6, 6.07) is 5.87. The van der Waals surface area contributed by atoms with E-state index in [0.717, 1.165) is 24.8 Å². The van der Waals surface area contributed by atoms with Crippen molar-refractivity contribution >= 4 is 29.6 Å². The molecule has 0 radical (unpaired) electrons. The molecule has 1 atom stereocenters. The van der Waals surface area contributed by atoms with Crippen molar-refractivity contribution in [3.05, 3.63) is 34.9 Å². The van der Waals surface area contributed by atoms with Crippen molar-refractivity contribution in [3.8, 4) is 0 Å². The molecule has 9 heteroatoms. The second-order valence-corrected chi connectivity index (χ2v) is 7.14. The van der Waals surface area contributed by atoms with Crippen LogP contribution in [-0.4, -0.2) is 37.3 Å². The zero-order valence-corrected chi connectivity index (χ0v) is 20.5. The summed E-state index contributed by atoms with van der Waals surface area (Å²) in [6.45, 7) is 2.45. The van der Waals surface area contributed by atoms with E-state index in [1.165, 1.54) is 0 Å². The number of nitrogens with one attached hydrogen (secondary N) is 1. The molecule has 0 bridgehead atoms. The fourth-order valence-electron chi connectivity index (χ4n) is 2.54. The molecular weight excluding hydrogens is 421 g/mol. The van der Waals surface area contributed by atoms with E-state index in [0.29, 0.717) is 30.7 Å². The molecule has 0 saturated heterocycles. The van der Waals surface area contributed by atoms with Crippen molar-refractivity contribution < 1.29 is 58.5 Å². The van der Waals surface area contributed by atoms with Crippen LogP contribution in [0.4, 0.5) is 4.79 Å². The van der Waals surface area contributed by atoms with Gasteiger partial charge in [-0.25, -0.2) is 4.79 Å². The van der Waals surface area contributed by atoms with E-state index >= 15 is 0 Å². The first-order chi connectivity index (χ1) is 13.9. The molecule has 0 spiro atoms. The number of hydrogen-bond donors (Lipinski definition) is 1. The van der Waals surface area contributed by atoms with E-state index in [9.17, 15) is 19.5 Å². The first kappa shape index (κ1) is 28.7. The Labute approximate surface area is 205 Å². The smallest absolute Gasteiger partial charge is 0.548 e. The Morgan fingerprint density at radius 3 is 2.27 bits per heavy atom. The van der Waals surface area contributed by atoms with Crippen LogP contribution in [0.25, 0.3) is 0 Å². The fourth-order valence-corrected chi connectivity index (χ4v) is 2.67. The molecule has 162 valence electrons. The van der Waals surface area contributed by atoms with Gasteiger partial charge in [-0.2, -0.15) is 0 Å². The number of hydrogen-bond acceptors (Lipinski definition) is 6. The molecule has 7 nitrogen and oxygen atoms in total. The average molecular weight is 450 g/mol. The van der Waals surface area contributed by atoms with Crippen molar-refractivity contribution in [1.29, 1.82) is 0 Å². The SMILES string of the molecule is CCCCCC(=O)OCCCCOC(=O)NC(CCc1ccc(Cl)cc1)C(=O)[O-].[Na+]. The summed E-state index contributed by atoms with van der Waals surface area (Å²) < 4.78 is 10.1. The minimum Gasteiger partial charge on any atom is -0.548 e. The Balaban J connectivity index is 0.00000841. The zero-order chi connectivity index (χ0) is 21.5. The van der Waals surface area contributed by atoms with Gasteiger partial charge in [0.25, 0.3) is 0 Å². The van der Waals surface area contributed by atoms with Gasteiger partial charge in [0.15, 0.2) is 0 Å². The summed E-state index contributed by atoms with van der Waals surface area (Å²) in [5.41, 5.74) is 0.903. The minimum absolute atomic E-state index is 0. The molecule has 0 saturated carbocycles. The molecule has 0 aliphatic carbocycles. The maximum absolute atomic E-state index is 11.8. The van der Waals surface area contributed by atoms with E-state index in [-0.39, 0.29) is 55.2 Å². The van der Waals surface area contributed by atoms with Crippen molar-refractivity contribution in [2.24, 2.45) is 0 Å². The number of rotatable bonds is 14. The molecule has 1 aromatic carbocycles. The van der Waals surface area contributed by atoms with Gasteiger partial charge in [-0.1, -0.05) is 43.5 Å². The molecule has 0 aliphatic heterocycles. The summed E-state index contributed by atoms with van der Waals surface area (Å²) in [6.07, 6.45) is 4.18. The van der Waals surface area contributed by atoms with E-state index in [4.69, 9.17) is 21.1 Å². The number of carboxylic acids is 1. The second-order valence-electron chi connectivity index (χ2n) is 6.70. The van der Waals surface area contributed by atoms with Gasteiger partial charge in [0.1, 0.15) is 0 Å². The van der Waals surface area contributed by atoms with Crippen LogP contribution < -0.4 is 40.0 Å². The van der Waals surface area contributed by atoms with E-state index < -0.39 is 18.1 Å². The number of halogens is 1. The maximum Gasteiger partial charge on any atom is 1.00 e. The van der Waals surface area contributed by atoms with E-state index in [1.807, 2.05) is 0 Å². The Hall–Kier alpha value is -1.28. The second kappa shape index (κ2) is 17.4. The van der Waals surface area contributed by atoms with E-state index in [1.54, 1.807) is 24.3 Å². The quantitative estimate of drug-likeness (QED) is 0.244. The van der Waals surface area contributed by atoms with Gasteiger partial charge in [0.05, 0.1) is 25.2 Å². The minimum atomic E-state index is -1.37. The maximum atomic E-state index is 11.8. The van der Waals surface area contributed by atoms with Gasteiger partial charge < -0.3 is 24.7 Å². The number of benzene rings is 1. The number of carboxylic acid groups (broad SMARTS) is 1. The first-order valence-corrected chi connectivity index (χ1v) is 10.3. The number of amides is 1. The van der Waals surface area contributed by atoms with Crippen LogP contribution in [0.15, 0.2) is 24.3 Å². The van der Waals surface area contributed by atoms with Crippen molar-refractivity contribution in [2.75, 3.05) is 13.2 Å². The fraction of sp³-hybridized carbons (Fsp3) is 0.571. The van der Waals surface area contributed by atoms with Crippen LogP contribution in [0.5, 0.6) is 0 Å². The number of esters is 1. The summed E-state index contributed by atoms with van der Waals surface area (Å²) in [5, 5.41) is 14.1. The third-order valence-electron chi connectivity index (χ3n) is 4.23. The summed E-state index contributed by atoms with van der Waals surface area (Å²) in [5.74, 6) is -1.58. The number of aryl methyl sites for hydroxylation is 1. The number of unbranched alkanes of at least 4 members (excludes halogenated alkanes) is 3. The van der Waals surface area contributed by atoms with Gasteiger partial charge >= 0.3 is 41.6 Å². The summed E-state index contributed by atoms with van der Waals surface area (Å²) in [4.78, 5) is 34.4. The van der Waals surface area contributed by atoms with Crippen molar-refractivity contribution in [3.63, 3.8) is 0 Å². The Morgan fingerprint density at radius 1 is 1.03 bits per heavy atom. The van der Waals surface area contributed by atoms with Crippen LogP contribution in [0, 0.1) is 0 Å². The molecule has 0 heterocycles. The van der Waals surface area contributed by atoms with Crippen LogP contribution in [0.1, 0.15) is 57.4 Å².